The van der Waals surface area contributed by atoms with Crippen molar-refractivity contribution in [2.75, 3.05) is 6.54 Å². The van der Waals surface area contributed by atoms with Gasteiger partial charge in [-0.25, -0.2) is 8.42 Å². The van der Waals surface area contributed by atoms with Crippen LogP contribution in [-0.4, -0.2) is 31.2 Å². The fourth-order valence-electron chi connectivity index (χ4n) is 3.49. The first-order valence-electron chi connectivity index (χ1n) is 7.82. The van der Waals surface area contributed by atoms with Crippen molar-refractivity contribution in [1.29, 1.82) is 0 Å². The van der Waals surface area contributed by atoms with Gasteiger partial charge in [-0.3, -0.25) is 4.79 Å². The maximum Gasteiger partial charge on any atom is 0.243 e. The van der Waals surface area contributed by atoms with Gasteiger partial charge in [-0.1, -0.05) is 6.07 Å². The highest BCUT2D eigenvalue weighted by Crippen LogP contribution is 2.30. The van der Waals surface area contributed by atoms with Crippen LogP contribution in [0.2, 0.25) is 0 Å². The quantitative estimate of drug-likeness (QED) is 0.914. The Bertz CT molecular complexity index is 699. The fraction of sp³-hybridized carbons (Fsp3) is 0.562. The third-order valence-corrected chi connectivity index (χ3v) is 6.88. The van der Waals surface area contributed by atoms with Gasteiger partial charge in [0.25, 0.3) is 0 Å². The molecule has 1 saturated heterocycles. The molecule has 0 aromatic heterocycles. The van der Waals surface area contributed by atoms with Crippen LogP contribution in [0.3, 0.4) is 0 Å². The van der Waals surface area contributed by atoms with E-state index in [0.29, 0.717) is 17.7 Å². The Morgan fingerprint density at radius 1 is 1.23 bits per heavy atom. The molecule has 2 atom stereocenters. The zero-order valence-electron chi connectivity index (χ0n) is 12.8. The van der Waals surface area contributed by atoms with Crippen LogP contribution in [-0.2, 0) is 27.7 Å². The molecule has 120 valence electrons. The van der Waals surface area contributed by atoms with E-state index in [4.69, 9.17) is 5.73 Å². The second-order valence-corrected chi connectivity index (χ2v) is 8.28. The Morgan fingerprint density at radius 3 is 2.68 bits per heavy atom. The van der Waals surface area contributed by atoms with Crippen LogP contribution in [0.1, 0.15) is 37.3 Å². The van der Waals surface area contributed by atoms with Crippen molar-refractivity contribution in [3.05, 3.63) is 29.3 Å². The molecule has 0 spiro atoms. The Kier molecular flexibility index (Phi) is 3.99. The van der Waals surface area contributed by atoms with E-state index in [0.717, 1.165) is 24.8 Å². The summed E-state index contributed by atoms with van der Waals surface area (Å²) in [5, 5.41) is 0. The van der Waals surface area contributed by atoms with Crippen LogP contribution in [0, 0.1) is 5.92 Å². The molecule has 2 aliphatic rings. The van der Waals surface area contributed by atoms with Gasteiger partial charge in [-0.2, -0.15) is 4.31 Å². The normalized spacial score (nSPS) is 25.9. The van der Waals surface area contributed by atoms with E-state index in [1.807, 2.05) is 13.0 Å². The summed E-state index contributed by atoms with van der Waals surface area (Å²) < 4.78 is 27.3. The maximum atomic E-state index is 12.9. The van der Waals surface area contributed by atoms with Gasteiger partial charge in [0, 0.05) is 12.6 Å². The number of primary amides is 1. The lowest BCUT2D eigenvalue weighted by Gasteiger charge is -2.35. The first kappa shape index (κ1) is 15.5. The minimum Gasteiger partial charge on any atom is -0.369 e. The predicted molar refractivity (Wildman–Crippen MR) is 83.7 cm³/mol. The molecule has 1 aromatic carbocycles. The minimum atomic E-state index is -3.57. The summed E-state index contributed by atoms with van der Waals surface area (Å²) in [5.74, 6) is -0.804. The predicted octanol–water partition coefficient (Wildman–Crippen LogP) is 1.45. The Labute approximate surface area is 131 Å². The Hall–Kier alpha value is -1.40. The molecule has 5 nitrogen and oxygen atoms in total. The average molecular weight is 322 g/mol. The van der Waals surface area contributed by atoms with Crippen LogP contribution in [0.25, 0.3) is 0 Å². The van der Waals surface area contributed by atoms with Gasteiger partial charge in [0.1, 0.15) is 0 Å². The second-order valence-electron chi connectivity index (χ2n) is 6.38. The number of aryl methyl sites for hydroxylation is 2. The lowest BCUT2D eigenvalue weighted by Crippen LogP contribution is -2.48. The fourth-order valence-corrected chi connectivity index (χ4v) is 5.24. The molecule has 1 amide bonds. The molecular formula is C16H22N2O3S. The molecular weight excluding hydrogens is 300 g/mol. The third-order valence-electron chi connectivity index (χ3n) is 4.90. The van der Waals surface area contributed by atoms with Gasteiger partial charge in [-0.05, 0) is 62.3 Å². The molecule has 3 rings (SSSR count). The van der Waals surface area contributed by atoms with Crippen molar-refractivity contribution in [2.45, 2.75) is 50.0 Å². The van der Waals surface area contributed by atoms with Crippen molar-refractivity contribution in [3.8, 4) is 0 Å². The molecule has 1 aliphatic carbocycles. The lowest BCUT2D eigenvalue weighted by atomic mass is 9.95. The van der Waals surface area contributed by atoms with Crippen molar-refractivity contribution in [3.63, 3.8) is 0 Å². The lowest BCUT2D eigenvalue weighted by molar-refractivity contribution is -0.123. The molecule has 1 aromatic rings. The van der Waals surface area contributed by atoms with Gasteiger partial charge in [0.05, 0.1) is 10.8 Å². The van der Waals surface area contributed by atoms with E-state index in [1.54, 1.807) is 12.1 Å². The molecule has 1 fully saturated rings. The zero-order valence-corrected chi connectivity index (χ0v) is 13.6. The summed E-state index contributed by atoms with van der Waals surface area (Å²) in [6.07, 6.45) is 4.38. The number of carbonyl (C=O) groups excluding carboxylic acids is 1. The molecule has 2 N–H and O–H groups in total. The van der Waals surface area contributed by atoms with E-state index in [2.05, 4.69) is 0 Å². The molecule has 6 heteroatoms. The monoisotopic (exact) mass is 322 g/mol. The van der Waals surface area contributed by atoms with E-state index < -0.39 is 15.9 Å². The number of nitrogens with two attached hydrogens (primary N) is 1. The Morgan fingerprint density at radius 2 is 1.95 bits per heavy atom. The van der Waals surface area contributed by atoms with Crippen molar-refractivity contribution in [2.24, 2.45) is 11.7 Å². The molecule has 0 unspecified atom stereocenters. The number of benzene rings is 1. The Balaban J connectivity index is 1.92. The maximum absolute atomic E-state index is 12.9. The number of rotatable bonds is 3. The standard InChI is InChI=1S/C16H22N2O3S/c1-11-5-6-14(16(17)19)10-18(11)22(20,21)15-8-7-12-3-2-4-13(12)9-15/h7-9,11,14H,2-6,10H2,1H3,(H2,17,19)/t11-,14-/m0/s1. The largest absolute Gasteiger partial charge is 0.369 e. The summed E-state index contributed by atoms with van der Waals surface area (Å²) in [6.45, 7) is 2.08. The molecule has 1 heterocycles. The van der Waals surface area contributed by atoms with Crippen LogP contribution >= 0.6 is 0 Å². The van der Waals surface area contributed by atoms with E-state index in [9.17, 15) is 13.2 Å². The molecule has 0 bridgehead atoms. The van der Waals surface area contributed by atoms with Gasteiger partial charge in [-0.15, -0.1) is 0 Å². The highest BCUT2D eigenvalue weighted by molar-refractivity contribution is 7.89. The molecule has 22 heavy (non-hydrogen) atoms. The summed E-state index contributed by atoms with van der Waals surface area (Å²) in [5.41, 5.74) is 7.76. The summed E-state index contributed by atoms with van der Waals surface area (Å²) >= 11 is 0. The van der Waals surface area contributed by atoms with Crippen LogP contribution in [0.5, 0.6) is 0 Å². The number of piperidine rings is 1. The summed E-state index contributed by atoms with van der Waals surface area (Å²) in [6, 6.07) is 5.32. The number of hydrogen-bond donors (Lipinski definition) is 1. The van der Waals surface area contributed by atoms with Gasteiger partial charge >= 0.3 is 0 Å². The highest BCUT2D eigenvalue weighted by Gasteiger charge is 2.37. The number of fused-ring (bicyclic) bond motifs is 1. The van der Waals surface area contributed by atoms with Crippen LogP contribution < -0.4 is 5.73 Å². The molecule has 1 aliphatic heterocycles. The van der Waals surface area contributed by atoms with E-state index in [-0.39, 0.29) is 18.5 Å². The van der Waals surface area contributed by atoms with Gasteiger partial charge in [0.15, 0.2) is 0 Å². The zero-order chi connectivity index (χ0) is 15.9. The number of nitrogens with zero attached hydrogens (tertiary/aromatic N) is 1. The number of carbonyl (C=O) groups is 1. The smallest absolute Gasteiger partial charge is 0.243 e. The van der Waals surface area contributed by atoms with Crippen LogP contribution in [0.15, 0.2) is 23.1 Å². The number of sulfonamides is 1. The SMILES string of the molecule is C[C@H]1CC[C@H](C(N)=O)CN1S(=O)(=O)c1ccc2c(c1)CCC2. The minimum absolute atomic E-state index is 0.103. The van der Waals surface area contributed by atoms with Crippen LogP contribution in [0.4, 0.5) is 0 Å². The average Bonchev–Trinajstić information content (AvgIpc) is 2.94. The summed E-state index contributed by atoms with van der Waals surface area (Å²) in [4.78, 5) is 11.8. The molecule has 0 saturated carbocycles. The number of hydrogen-bond acceptors (Lipinski definition) is 3. The van der Waals surface area contributed by atoms with E-state index >= 15 is 0 Å². The first-order valence-corrected chi connectivity index (χ1v) is 9.26. The number of amides is 1. The van der Waals surface area contributed by atoms with Crippen molar-refractivity contribution < 1.29 is 13.2 Å². The highest BCUT2D eigenvalue weighted by atomic mass is 32.2. The molecule has 0 radical (unpaired) electrons. The second kappa shape index (κ2) is 5.66. The van der Waals surface area contributed by atoms with Gasteiger partial charge in [0.2, 0.25) is 15.9 Å². The van der Waals surface area contributed by atoms with Crippen molar-refractivity contribution >= 4 is 15.9 Å². The van der Waals surface area contributed by atoms with Crippen molar-refractivity contribution in [1.82, 2.24) is 4.31 Å². The van der Waals surface area contributed by atoms with E-state index in [1.165, 1.54) is 9.87 Å². The summed E-state index contributed by atoms with van der Waals surface area (Å²) in [7, 11) is -3.57. The topological polar surface area (TPSA) is 80.5 Å². The third kappa shape index (κ3) is 2.65. The van der Waals surface area contributed by atoms with Gasteiger partial charge < -0.3 is 5.73 Å². The first-order chi connectivity index (χ1) is 10.4.